The lowest BCUT2D eigenvalue weighted by atomic mass is 9.82. The number of benzene rings is 10. The van der Waals surface area contributed by atoms with Crippen LogP contribution in [0.15, 0.2) is 212 Å². The lowest BCUT2D eigenvalue weighted by molar-refractivity contribution is 0.660. The zero-order chi connectivity index (χ0) is 42.5. The van der Waals surface area contributed by atoms with E-state index in [1.165, 1.54) is 99.4 Å². The van der Waals surface area contributed by atoms with Gasteiger partial charge in [-0.2, -0.15) is 0 Å². The zero-order valence-corrected chi connectivity index (χ0v) is 36.2. The van der Waals surface area contributed by atoms with Gasteiger partial charge in [0.25, 0.3) is 0 Å². The summed E-state index contributed by atoms with van der Waals surface area (Å²) in [6, 6.07) is 79.1. The molecule has 0 aromatic heterocycles. The first-order chi connectivity index (χ1) is 30.8. The molecule has 0 fully saturated rings. The minimum Gasteiger partial charge on any atom is -0.310 e. The van der Waals surface area contributed by atoms with Crippen molar-refractivity contribution in [2.45, 2.75) is 38.5 Å². The summed E-state index contributed by atoms with van der Waals surface area (Å²) in [4.78, 5) is 2.47. The van der Waals surface area contributed by atoms with Crippen molar-refractivity contribution in [2.75, 3.05) is 4.90 Å². The van der Waals surface area contributed by atoms with E-state index < -0.39 is 0 Å². The van der Waals surface area contributed by atoms with Crippen molar-refractivity contribution in [2.24, 2.45) is 0 Å². The summed E-state index contributed by atoms with van der Waals surface area (Å²) in [5.74, 6) is 0. The molecule has 0 heterocycles. The highest BCUT2D eigenvalue weighted by atomic mass is 15.1. The Labute approximate surface area is 370 Å². The second-order valence-electron chi connectivity index (χ2n) is 18.5. The number of hydrogen-bond acceptors (Lipinski definition) is 1. The molecule has 0 bridgehead atoms. The first-order valence-corrected chi connectivity index (χ1v) is 22.3. The summed E-state index contributed by atoms with van der Waals surface area (Å²) in [6.07, 6.45) is 0. The zero-order valence-electron chi connectivity index (χ0n) is 36.2. The molecule has 1 heteroatoms. The Balaban J connectivity index is 1.04. The van der Waals surface area contributed by atoms with Gasteiger partial charge in [0.15, 0.2) is 0 Å². The molecule has 0 saturated heterocycles. The Bertz CT molecular complexity index is 3460. The van der Waals surface area contributed by atoms with Gasteiger partial charge in [-0.25, -0.2) is 0 Å². The molecular formula is C62H47N. The Kier molecular flexibility index (Phi) is 8.30. The van der Waals surface area contributed by atoms with Gasteiger partial charge in [0.05, 0.1) is 5.69 Å². The highest BCUT2D eigenvalue weighted by Gasteiger charge is 2.37. The fourth-order valence-corrected chi connectivity index (χ4v) is 11.1. The van der Waals surface area contributed by atoms with Gasteiger partial charge >= 0.3 is 0 Å². The van der Waals surface area contributed by atoms with Crippen molar-refractivity contribution >= 4 is 38.6 Å². The molecule has 0 N–H and O–H groups in total. The normalized spacial score (nSPS) is 14.0. The van der Waals surface area contributed by atoms with Gasteiger partial charge in [0.1, 0.15) is 0 Å². The maximum atomic E-state index is 2.47. The van der Waals surface area contributed by atoms with Gasteiger partial charge in [-0.1, -0.05) is 198 Å². The molecule has 0 saturated carbocycles. The molecule has 12 rings (SSSR count). The quantitative estimate of drug-likeness (QED) is 0.151. The minimum absolute atomic E-state index is 0.0363. The summed E-state index contributed by atoms with van der Waals surface area (Å²) in [5.41, 5.74) is 21.4. The van der Waals surface area contributed by atoms with Crippen LogP contribution in [0.2, 0.25) is 0 Å². The van der Waals surface area contributed by atoms with E-state index >= 15 is 0 Å². The van der Waals surface area contributed by atoms with Gasteiger partial charge in [-0.3, -0.25) is 0 Å². The smallest absolute Gasteiger partial charge is 0.0540 e. The SMILES string of the molecule is CC1(C)c2ccccc2-c2cc(-c3cccc(N(c4ccc(-c5cc6ccccc6c6ccccc56)cc4)c4ccccc4-c4cccc5c4-c4ccccc4C5(C)C)c3)ccc21. The van der Waals surface area contributed by atoms with E-state index in [0.29, 0.717) is 0 Å². The van der Waals surface area contributed by atoms with E-state index in [1.807, 2.05) is 0 Å². The molecule has 0 aliphatic heterocycles. The van der Waals surface area contributed by atoms with Crippen LogP contribution < -0.4 is 4.90 Å². The van der Waals surface area contributed by atoms with Crippen molar-refractivity contribution in [3.05, 3.63) is 235 Å². The van der Waals surface area contributed by atoms with Crippen LogP contribution in [0, 0.1) is 0 Å². The van der Waals surface area contributed by atoms with Crippen LogP contribution in [0.4, 0.5) is 17.1 Å². The molecule has 300 valence electrons. The van der Waals surface area contributed by atoms with Crippen molar-refractivity contribution in [1.82, 2.24) is 0 Å². The van der Waals surface area contributed by atoms with Crippen molar-refractivity contribution < 1.29 is 0 Å². The lowest BCUT2D eigenvalue weighted by Crippen LogP contribution is -2.15. The highest BCUT2D eigenvalue weighted by molar-refractivity contribution is 6.14. The highest BCUT2D eigenvalue weighted by Crippen LogP contribution is 2.54. The average molecular weight is 806 g/mol. The minimum atomic E-state index is -0.0980. The third kappa shape index (κ3) is 5.69. The van der Waals surface area contributed by atoms with Crippen LogP contribution in [-0.4, -0.2) is 0 Å². The summed E-state index contributed by atoms with van der Waals surface area (Å²) >= 11 is 0. The van der Waals surface area contributed by atoms with Crippen LogP contribution in [-0.2, 0) is 10.8 Å². The summed E-state index contributed by atoms with van der Waals surface area (Å²) < 4.78 is 0. The second kappa shape index (κ2) is 14.0. The Hall–Kier alpha value is -7.48. The summed E-state index contributed by atoms with van der Waals surface area (Å²) in [6.45, 7) is 9.43. The van der Waals surface area contributed by atoms with Gasteiger partial charge in [-0.05, 0) is 136 Å². The third-order valence-electron chi connectivity index (χ3n) is 14.3. The first kappa shape index (κ1) is 37.3. The topological polar surface area (TPSA) is 3.24 Å². The molecule has 1 nitrogen and oxygen atoms in total. The number of para-hydroxylation sites is 1. The Morgan fingerprint density at radius 1 is 0.302 bits per heavy atom. The van der Waals surface area contributed by atoms with Crippen molar-refractivity contribution in [3.63, 3.8) is 0 Å². The molecule has 10 aromatic carbocycles. The standard InChI is InChI=1S/C62H47N/c1-61(2)55-27-12-9-23-49(55)54-38-42(33-36-57(54)61)41-18-15-19-45(37-41)63(44-34-31-40(32-35-44)53-39-43-17-5-6-20-46(43)47-21-7-8-22-48(47)53)59-30-14-11-24-50(59)51-26-16-29-58-60(51)52-25-10-13-28-56(52)62(58,3)4/h5-39H,1-4H3. The average Bonchev–Trinajstić information content (AvgIpc) is 3.71. The van der Waals surface area contributed by atoms with Crippen molar-refractivity contribution in [1.29, 1.82) is 0 Å². The first-order valence-electron chi connectivity index (χ1n) is 22.3. The molecule has 2 aliphatic rings. The second-order valence-corrected chi connectivity index (χ2v) is 18.5. The van der Waals surface area contributed by atoms with E-state index in [2.05, 4.69) is 245 Å². The largest absolute Gasteiger partial charge is 0.310 e. The number of fused-ring (bicyclic) bond motifs is 9. The summed E-state index contributed by atoms with van der Waals surface area (Å²) in [5, 5.41) is 5.08. The molecule has 0 radical (unpaired) electrons. The fourth-order valence-electron chi connectivity index (χ4n) is 11.1. The van der Waals surface area contributed by atoms with E-state index in [9.17, 15) is 0 Å². The molecule has 0 spiro atoms. The predicted octanol–water partition coefficient (Wildman–Crippen LogP) is 17.1. The van der Waals surface area contributed by atoms with E-state index in [-0.39, 0.29) is 10.8 Å². The fraction of sp³-hybridized carbons (Fsp3) is 0.0968. The van der Waals surface area contributed by atoms with Gasteiger partial charge < -0.3 is 4.90 Å². The Morgan fingerprint density at radius 3 is 1.67 bits per heavy atom. The molecular weight excluding hydrogens is 759 g/mol. The molecule has 0 amide bonds. The molecule has 0 atom stereocenters. The number of anilines is 3. The van der Waals surface area contributed by atoms with E-state index in [1.54, 1.807) is 0 Å². The monoisotopic (exact) mass is 805 g/mol. The maximum absolute atomic E-state index is 2.47. The number of nitrogens with zero attached hydrogens (tertiary/aromatic N) is 1. The van der Waals surface area contributed by atoms with Gasteiger partial charge in [0, 0.05) is 27.8 Å². The predicted molar refractivity (Wildman–Crippen MR) is 268 cm³/mol. The molecule has 10 aromatic rings. The van der Waals surface area contributed by atoms with Crippen LogP contribution >= 0.6 is 0 Å². The molecule has 0 unspecified atom stereocenters. The van der Waals surface area contributed by atoms with Crippen LogP contribution in [0.25, 0.3) is 77.2 Å². The number of rotatable bonds is 6. The van der Waals surface area contributed by atoms with Crippen LogP contribution in [0.5, 0.6) is 0 Å². The van der Waals surface area contributed by atoms with Gasteiger partial charge in [0.2, 0.25) is 0 Å². The summed E-state index contributed by atoms with van der Waals surface area (Å²) in [7, 11) is 0. The van der Waals surface area contributed by atoms with Gasteiger partial charge in [-0.15, -0.1) is 0 Å². The van der Waals surface area contributed by atoms with Crippen molar-refractivity contribution in [3.8, 4) is 55.6 Å². The number of hydrogen-bond donors (Lipinski definition) is 0. The molecule has 63 heavy (non-hydrogen) atoms. The maximum Gasteiger partial charge on any atom is 0.0540 e. The van der Waals surface area contributed by atoms with Crippen LogP contribution in [0.1, 0.15) is 49.9 Å². The van der Waals surface area contributed by atoms with E-state index in [4.69, 9.17) is 0 Å². The third-order valence-corrected chi connectivity index (χ3v) is 14.3. The molecule has 2 aliphatic carbocycles. The van der Waals surface area contributed by atoms with E-state index in [0.717, 1.165) is 17.1 Å². The lowest BCUT2D eigenvalue weighted by Gasteiger charge is -2.29. The van der Waals surface area contributed by atoms with Crippen LogP contribution in [0.3, 0.4) is 0 Å². The Morgan fingerprint density at radius 2 is 0.857 bits per heavy atom.